The second kappa shape index (κ2) is 5.23. The summed E-state index contributed by atoms with van der Waals surface area (Å²) in [6, 6.07) is 9.30. The van der Waals surface area contributed by atoms with E-state index in [1.54, 1.807) is 12.4 Å². The van der Waals surface area contributed by atoms with Gasteiger partial charge in [0.2, 0.25) is 0 Å². The van der Waals surface area contributed by atoms with Crippen molar-refractivity contribution >= 4 is 23.1 Å². The summed E-state index contributed by atoms with van der Waals surface area (Å²) in [6.45, 7) is 2.05. The number of pyridine rings is 1. The standard InChI is InChI=1S/C15H15ClN4/c1-9-13-11(16)5-2-6-12(13)20-15(19-9)14(17)10-4-3-7-18-8-10/h2-9,14H,17H2,1H3,(H,19,20). The maximum Gasteiger partial charge on any atom is 0.124 e. The van der Waals surface area contributed by atoms with Gasteiger partial charge in [-0.15, -0.1) is 0 Å². The van der Waals surface area contributed by atoms with Crippen LogP contribution in [0.1, 0.15) is 30.1 Å². The van der Waals surface area contributed by atoms with E-state index in [9.17, 15) is 0 Å². The molecule has 3 rings (SSSR count). The average molecular weight is 287 g/mol. The first-order valence-electron chi connectivity index (χ1n) is 6.46. The molecule has 0 radical (unpaired) electrons. The van der Waals surface area contributed by atoms with Crippen LogP contribution in [-0.2, 0) is 0 Å². The van der Waals surface area contributed by atoms with Gasteiger partial charge < -0.3 is 11.1 Å². The lowest BCUT2D eigenvalue weighted by Crippen LogP contribution is -2.38. The van der Waals surface area contributed by atoms with E-state index in [1.807, 2.05) is 30.3 Å². The first kappa shape index (κ1) is 13.1. The van der Waals surface area contributed by atoms with E-state index in [4.69, 9.17) is 17.3 Å². The summed E-state index contributed by atoms with van der Waals surface area (Å²) < 4.78 is 0. The molecule has 2 aromatic rings. The topological polar surface area (TPSA) is 63.3 Å². The third-order valence-corrected chi connectivity index (χ3v) is 3.74. The van der Waals surface area contributed by atoms with E-state index < -0.39 is 0 Å². The molecule has 1 aromatic heterocycles. The van der Waals surface area contributed by atoms with E-state index in [1.165, 1.54) is 0 Å². The minimum Gasteiger partial charge on any atom is -0.365 e. The summed E-state index contributed by atoms with van der Waals surface area (Å²) in [6.07, 6.45) is 3.48. The first-order valence-corrected chi connectivity index (χ1v) is 6.83. The molecule has 5 heteroatoms. The molecule has 1 aliphatic rings. The minimum absolute atomic E-state index is 0.0777. The van der Waals surface area contributed by atoms with Crippen molar-refractivity contribution in [2.75, 3.05) is 0 Å². The Labute approximate surface area is 122 Å². The second-order valence-electron chi connectivity index (χ2n) is 4.80. The molecule has 0 spiro atoms. The summed E-state index contributed by atoms with van der Waals surface area (Å²) in [5, 5.41) is 4.05. The lowest BCUT2D eigenvalue weighted by molar-refractivity contribution is 0.678. The molecular weight excluding hydrogens is 272 g/mol. The summed E-state index contributed by atoms with van der Waals surface area (Å²) in [5.74, 6) is 0.736. The zero-order valence-electron chi connectivity index (χ0n) is 11.0. The molecule has 102 valence electrons. The Balaban J connectivity index is 2.01. The molecule has 0 aliphatic carbocycles. The molecule has 20 heavy (non-hydrogen) atoms. The number of nitrogens with zero attached hydrogens (tertiary/aromatic N) is 2. The van der Waals surface area contributed by atoms with Crippen molar-refractivity contribution in [1.29, 1.82) is 0 Å². The van der Waals surface area contributed by atoms with Crippen LogP contribution in [0.3, 0.4) is 0 Å². The third kappa shape index (κ3) is 2.28. The Morgan fingerprint density at radius 1 is 1.30 bits per heavy atom. The van der Waals surface area contributed by atoms with Crippen LogP contribution in [0.5, 0.6) is 0 Å². The average Bonchev–Trinajstić information content (AvgIpc) is 2.47. The van der Waals surface area contributed by atoms with E-state index in [2.05, 4.69) is 22.2 Å². The van der Waals surface area contributed by atoms with Crippen molar-refractivity contribution in [2.45, 2.75) is 19.0 Å². The van der Waals surface area contributed by atoms with Gasteiger partial charge in [0.1, 0.15) is 5.84 Å². The Morgan fingerprint density at radius 2 is 2.15 bits per heavy atom. The van der Waals surface area contributed by atoms with Gasteiger partial charge in [-0.2, -0.15) is 0 Å². The number of fused-ring (bicyclic) bond motifs is 1. The SMILES string of the molecule is CC1NC(C(N)c2cccnc2)=Nc2cccc(Cl)c21. The molecule has 4 nitrogen and oxygen atoms in total. The quantitative estimate of drug-likeness (QED) is 0.891. The number of benzene rings is 1. The second-order valence-corrected chi connectivity index (χ2v) is 5.21. The van der Waals surface area contributed by atoms with Gasteiger partial charge in [-0.25, -0.2) is 4.99 Å². The molecule has 0 saturated heterocycles. The van der Waals surface area contributed by atoms with Gasteiger partial charge in [0.25, 0.3) is 0 Å². The lowest BCUT2D eigenvalue weighted by atomic mass is 10.0. The summed E-state index contributed by atoms with van der Waals surface area (Å²) >= 11 is 6.23. The van der Waals surface area contributed by atoms with E-state index >= 15 is 0 Å². The highest BCUT2D eigenvalue weighted by Gasteiger charge is 2.24. The Hall–Kier alpha value is -1.91. The predicted molar refractivity (Wildman–Crippen MR) is 81.3 cm³/mol. The van der Waals surface area contributed by atoms with E-state index in [0.717, 1.165) is 27.7 Å². The van der Waals surface area contributed by atoms with Gasteiger partial charge in [-0.3, -0.25) is 4.98 Å². The number of nitrogens with two attached hydrogens (primary N) is 1. The number of hydrogen-bond acceptors (Lipinski definition) is 4. The van der Waals surface area contributed by atoms with E-state index in [0.29, 0.717) is 0 Å². The van der Waals surface area contributed by atoms with Crippen LogP contribution in [0.25, 0.3) is 0 Å². The fourth-order valence-corrected chi connectivity index (χ4v) is 2.72. The summed E-state index contributed by atoms with van der Waals surface area (Å²) in [4.78, 5) is 8.70. The molecule has 0 bridgehead atoms. The molecule has 0 fully saturated rings. The smallest absolute Gasteiger partial charge is 0.124 e. The Bertz CT molecular complexity index is 654. The van der Waals surface area contributed by atoms with Gasteiger partial charge in [0.15, 0.2) is 0 Å². The molecule has 1 aliphatic heterocycles. The van der Waals surface area contributed by atoms with E-state index in [-0.39, 0.29) is 12.1 Å². The molecule has 2 atom stereocenters. The van der Waals surface area contributed by atoms with Crippen LogP contribution in [0.2, 0.25) is 5.02 Å². The van der Waals surface area contributed by atoms with Crippen LogP contribution >= 0.6 is 11.6 Å². The largest absolute Gasteiger partial charge is 0.365 e. The van der Waals surface area contributed by atoms with Crippen molar-refractivity contribution in [1.82, 2.24) is 10.3 Å². The van der Waals surface area contributed by atoms with Crippen molar-refractivity contribution < 1.29 is 0 Å². The fraction of sp³-hybridized carbons (Fsp3) is 0.200. The van der Waals surface area contributed by atoms with Gasteiger partial charge in [0, 0.05) is 23.0 Å². The minimum atomic E-state index is -0.321. The van der Waals surface area contributed by atoms with Crippen molar-refractivity contribution in [2.24, 2.45) is 10.7 Å². The summed E-state index contributed by atoms with van der Waals surface area (Å²) in [7, 11) is 0. The maximum atomic E-state index is 6.26. The van der Waals surface area contributed by atoms with Gasteiger partial charge in [-0.05, 0) is 30.7 Å². The van der Waals surface area contributed by atoms with Crippen LogP contribution in [0, 0.1) is 0 Å². The molecule has 2 unspecified atom stereocenters. The van der Waals surface area contributed by atoms with Crippen molar-refractivity contribution in [3.05, 3.63) is 58.9 Å². The van der Waals surface area contributed by atoms with Gasteiger partial charge in [0.05, 0.1) is 17.8 Å². The highest BCUT2D eigenvalue weighted by molar-refractivity contribution is 6.31. The maximum absolute atomic E-state index is 6.26. The molecule has 0 amide bonds. The molecule has 0 saturated carbocycles. The molecule has 3 N–H and O–H groups in total. The van der Waals surface area contributed by atoms with Crippen LogP contribution < -0.4 is 11.1 Å². The van der Waals surface area contributed by atoms with Gasteiger partial charge >= 0.3 is 0 Å². The highest BCUT2D eigenvalue weighted by atomic mass is 35.5. The van der Waals surface area contributed by atoms with Gasteiger partial charge in [-0.1, -0.05) is 23.7 Å². The molecule has 2 heterocycles. The predicted octanol–water partition coefficient (Wildman–Crippen LogP) is 3.13. The third-order valence-electron chi connectivity index (χ3n) is 3.41. The highest BCUT2D eigenvalue weighted by Crippen LogP contribution is 2.35. The lowest BCUT2D eigenvalue weighted by Gasteiger charge is -2.27. The fourth-order valence-electron chi connectivity index (χ4n) is 2.38. The number of rotatable bonds is 2. The van der Waals surface area contributed by atoms with Crippen LogP contribution in [0.4, 0.5) is 5.69 Å². The number of nitrogens with one attached hydrogen (secondary N) is 1. The summed E-state index contributed by atoms with van der Waals surface area (Å²) in [5.41, 5.74) is 9.07. The monoisotopic (exact) mass is 286 g/mol. The van der Waals surface area contributed by atoms with Crippen LogP contribution in [-0.4, -0.2) is 10.8 Å². The number of aromatic nitrogens is 1. The zero-order chi connectivity index (χ0) is 14.1. The number of aliphatic imine (C=N–C) groups is 1. The number of hydrogen-bond donors (Lipinski definition) is 2. The van der Waals surface area contributed by atoms with Crippen LogP contribution in [0.15, 0.2) is 47.7 Å². The Kier molecular flexibility index (Phi) is 3.42. The van der Waals surface area contributed by atoms with Crippen molar-refractivity contribution in [3.63, 3.8) is 0 Å². The van der Waals surface area contributed by atoms with Crippen molar-refractivity contribution in [3.8, 4) is 0 Å². The molecule has 1 aromatic carbocycles. The number of amidine groups is 1. The first-order chi connectivity index (χ1) is 9.66. The Morgan fingerprint density at radius 3 is 2.90 bits per heavy atom. The number of halogens is 1. The molecular formula is C15H15ClN4. The zero-order valence-corrected chi connectivity index (χ0v) is 11.8. The normalized spacial score (nSPS) is 18.8.